The van der Waals surface area contributed by atoms with Crippen LogP contribution in [0, 0.1) is 0 Å². The van der Waals surface area contributed by atoms with E-state index in [4.69, 9.17) is 11.6 Å². The summed E-state index contributed by atoms with van der Waals surface area (Å²) in [4.78, 5) is 2.38. The zero-order chi connectivity index (χ0) is 42.7. The van der Waals surface area contributed by atoms with E-state index in [0.29, 0.717) is 0 Å². The van der Waals surface area contributed by atoms with Crippen LogP contribution in [0.5, 0.6) is 0 Å². The number of hydrogen-bond acceptors (Lipinski definition) is 2. The van der Waals surface area contributed by atoms with Crippen molar-refractivity contribution in [3.8, 4) is 33.4 Å². The highest BCUT2D eigenvalue weighted by Crippen LogP contribution is 2.63. The van der Waals surface area contributed by atoms with E-state index < -0.39 is 5.41 Å². The lowest BCUT2D eigenvalue weighted by Crippen LogP contribution is -2.32. The van der Waals surface area contributed by atoms with Crippen LogP contribution in [0.3, 0.4) is 0 Å². The Morgan fingerprint density at radius 1 is 0.469 bits per heavy atom. The van der Waals surface area contributed by atoms with Gasteiger partial charge in [0, 0.05) is 41.3 Å². The Labute approximate surface area is 387 Å². The molecule has 2 aliphatic carbocycles. The topological polar surface area (TPSA) is 0 Å². The molecule has 1 aromatic heterocycles. The molecule has 0 radical (unpaired) electrons. The van der Waals surface area contributed by atoms with E-state index in [1.165, 1.54) is 109 Å². The van der Waals surface area contributed by atoms with Gasteiger partial charge in [-0.1, -0.05) is 213 Å². The smallest absolute Gasteiger partial charge is 0.0736 e. The van der Waals surface area contributed by atoms with Crippen LogP contribution in [0.2, 0.25) is 5.02 Å². The molecule has 1 atom stereocenters. The van der Waals surface area contributed by atoms with Gasteiger partial charge in [-0.15, -0.1) is 11.3 Å². The van der Waals surface area contributed by atoms with Crippen molar-refractivity contribution < 1.29 is 0 Å². The molecule has 0 bridgehead atoms. The van der Waals surface area contributed by atoms with Crippen LogP contribution in [0.1, 0.15) is 69.8 Å². The molecule has 0 nitrogen and oxygen atoms in total. The quantitative estimate of drug-likeness (QED) is 0.155. The van der Waals surface area contributed by atoms with Gasteiger partial charge >= 0.3 is 0 Å². The molecule has 2 heterocycles. The summed E-state index contributed by atoms with van der Waals surface area (Å²) < 4.78 is 2.63. The average Bonchev–Trinajstić information content (AvgIpc) is 3.97. The molecule has 3 aliphatic rings. The highest BCUT2D eigenvalue weighted by Gasteiger charge is 2.50. The van der Waals surface area contributed by atoms with Crippen molar-refractivity contribution in [1.29, 1.82) is 0 Å². The van der Waals surface area contributed by atoms with Crippen molar-refractivity contribution in [2.45, 2.75) is 40.4 Å². The fourth-order valence-electron chi connectivity index (χ4n) is 11.2. The lowest BCUT2D eigenvalue weighted by atomic mass is 9.66. The molecule has 0 saturated carbocycles. The van der Waals surface area contributed by atoms with E-state index in [2.05, 4.69) is 214 Å². The number of thiophene rings is 1. The van der Waals surface area contributed by atoms with Gasteiger partial charge in [-0.25, -0.2) is 0 Å². The summed E-state index contributed by atoms with van der Waals surface area (Å²) in [6, 6.07) is 73.0. The molecule has 0 fully saturated rings. The fourth-order valence-corrected chi connectivity index (χ4v) is 13.9. The molecular formula is C61H41ClS2. The van der Waals surface area contributed by atoms with E-state index in [1.807, 2.05) is 29.2 Å². The normalized spacial score (nSPS) is 15.2. The van der Waals surface area contributed by atoms with Crippen LogP contribution in [0.4, 0.5) is 0 Å². The summed E-state index contributed by atoms with van der Waals surface area (Å²) in [5, 5.41) is 3.41. The predicted molar refractivity (Wildman–Crippen MR) is 273 cm³/mol. The SMILES string of the molecule is CC1(C)C=Cc2cc(C(c3ccc4c(c3)C3(c5ccccc5-c5ccccc53)c3cccc(Cl)c3S4)c3cc(-c4ccc(-c5ccccc5)cc4)c4sc5ccccc5c4c3)ccc21. The third-order valence-corrected chi connectivity index (χ3v) is 17.1. The van der Waals surface area contributed by atoms with Crippen LogP contribution in [0.25, 0.3) is 59.6 Å². The number of fused-ring (bicyclic) bond motifs is 13. The molecule has 10 aromatic rings. The largest absolute Gasteiger partial charge is 0.135 e. The number of hydrogen-bond donors (Lipinski definition) is 0. The van der Waals surface area contributed by atoms with Crippen molar-refractivity contribution in [2.75, 3.05) is 0 Å². The maximum atomic E-state index is 7.19. The second-order valence-corrected chi connectivity index (χ2v) is 20.6. The third kappa shape index (κ3) is 5.56. The number of allylic oxidation sites excluding steroid dienone is 1. The monoisotopic (exact) mass is 872 g/mol. The summed E-state index contributed by atoms with van der Waals surface area (Å²) in [5.74, 6) is -0.0622. The van der Waals surface area contributed by atoms with Crippen molar-refractivity contribution >= 4 is 60.9 Å². The van der Waals surface area contributed by atoms with Gasteiger partial charge in [0.05, 0.1) is 10.4 Å². The molecule has 9 aromatic carbocycles. The molecule has 3 heteroatoms. The lowest BCUT2D eigenvalue weighted by molar-refractivity contribution is 0.683. The third-order valence-electron chi connectivity index (χ3n) is 14.2. The van der Waals surface area contributed by atoms with Gasteiger partial charge in [-0.05, 0) is 114 Å². The van der Waals surface area contributed by atoms with Crippen LogP contribution in [0.15, 0.2) is 210 Å². The molecule has 0 amide bonds. The first kappa shape index (κ1) is 38.1. The maximum Gasteiger partial charge on any atom is 0.0736 e. The lowest BCUT2D eigenvalue weighted by Gasteiger charge is -2.40. The summed E-state index contributed by atoms with van der Waals surface area (Å²) >= 11 is 10.9. The Balaban J connectivity index is 1.08. The molecule has 64 heavy (non-hydrogen) atoms. The molecule has 0 saturated heterocycles. The summed E-state index contributed by atoms with van der Waals surface area (Å²) in [7, 11) is 0. The van der Waals surface area contributed by atoms with Crippen molar-refractivity contribution in [2.24, 2.45) is 0 Å². The summed E-state index contributed by atoms with van der Waals surface area (Å²) in [5.41, 5.74) is 18.7. The number of benzene rings is 9. The first-order valence-corrected chi connectivity index (χ1v) is 24.1. The molecule has 13 rings (SSSR count). The van der Waals surface area contributed by atoms with E-state index in [1.54, 1.807) is 0 Å². The van der Waals surface area contributed by atoms with Crippen LogP contribution < -0.4 is 0 Å². The fraction of sp³-hybridized carbons (Fsp3) is 0.0820. The minimum absolute atomic E-state index is 0.00963. The summed E-state index contributed by atoms with van der Waals surface area (Å²) in [6.07, 6.45) is 4.69. The molecule has 1 aliphatic heterocycles. The highest BCUT2D eigenvalue weighted by atomic mass is 35.5. The average molecular weight is 874 g/mol. The predicted octanol–water partition coefficient (Wildman–Crippen LogP) is 17.4. The van der Waals surface area contributed by atoms with Gasteiger partial charge in [0.25, 0.3) is 0 Å². The Hall–Kier alpha value is -6.42. The molecule has 1 spiro atoms. The van der Waals surface area contributed by atoms with E-state index >= 15 is 0 Å². The van der Waals surface area contributed by atoms with Gasteiger partial charge in [-0.2, -0.15) is 0 Å². The minimum atomic E-state index is -0.543. The van der Waals surface area contributed by atoms with E-state index in [-0.39, 0.29) is 11.3 Å². The molecule has 304 valence electrons. The molecule has 0 N–H and O–H groups in total. The van der Waals surface area contributed by atoms with Crippen molar-refractivity contribution in [3.05, 3.63) is 255 Å². The maximum absolute atomic E-state index is 7.19. The number of rotatable bonds is 5. The van der Waals surface area contributed by atoms with Crippen LogP contribution in [-0.4, -0.2) is 0 Å². The van der Waals surface area contributed by atoms with Crippen molar-refractivity contribution in [1.82, 2.24) is 0 Å². The highest BCUT2D eigenvalue weighted by molar-refractivity contribution is 7.99. The van der Waals surface area contributed by atoms with Crippen LogP contribution in [-0.2, 0) is 10.8 Å². The second kappa shape index (κ2) is 14.3. The molecular weight excluding hydrogens is 832 g/mol. The van der Waals surface area contributed by atoms with Gasteiger partial charge < -0.3 is 0 Å². The Kier molecular flexibility index (Phi) is 8.50. The van der Waals surface area contributed by atoms with Crippen molar-refractivity contribution in [3.63, 3.8) is 0 Å². The van der Waals surface area contributed by atoms with Gasteiger partial charge in [0.15, 0.2) is 0 Å². The zero-order valence-corrected chi connectivity index (χ0v) is 37.8. The number of halogens is 1. The second-order valence-electron chi connectivity index (χ2n) is 18.1. The standard InChI is InChI=1S/C61H41ClS2/c1-60(2)32-31-40-33-41(27-29-49(40)60)57(43-34-47(58-48(35-43)46-17-8-11-22-55(46)63-58)39-25-23-38(24-26-39)37-13-4-3-5-14-37)42-28-30-56-53(36-42)61(52-20-12-21-54(62)59(52)64-56)50-18-9-6-15-44(50)45-16-7-10-19-51(45)61/h3-36,57H,1-2H3. The van der Waals surface area contributed by atoms with E-state index in [9.17, 15) is 0 Å². The summed E-state index contributed by atoms with van der Waals surface area (Å²) in [6.45, 7) is 4.64. The Morgan fingerprint density at radius 2 is 1.12 bits per heavy atom. The first-order valence-electron chi connectivity index (χ1n) is 22.1. The minimum Gasteiger partial charge on any atom is -0.135 e. The van der Waals surface area contributed by atoms with E-state index in [0.717, 1.165) is 9.92 Å². The zero-order valence-electron chi connectivity index (χ0n) is 35.4. The van der Waals surface area contributed by atoms with Crippen LogP contribution >= 0.6 is 34.7 Å². The molecule has 1 unspecified atom stereocenters. The van der Waals surface area contributed by atoms with Gasteiger partial charge in [0.1, 0.15) is 0 Å². The first-order chi connectivity index (χ1) is 31.4. The Morgan fingerprint density at radius 3 is 1.92 bits per heavy atom. The van der Waals surface area contributed by atoms with Gasteiger partial charge in [-0.3, -0.25) is 0 Å². The Bertz CT molecular complexity index is 3530. The van der Waals surface area contributed by atoms with Gasteiger partial charge in [0.2, 0.25) is 0 Å².